The second-order valence-electron chi connectivity index (χ2n) is 7.53. The van der Waals surface area contributed by atoms with E-state index < -0.39 is 0 Å². The molecule has 0 saturated heterocycles. The van der Waals surface area contributed by atoms with Crippen LogP contribution in [0.25, 0.3) is 27.7 Å². The number of furan rings is 1. The van der Waals surface area contributed by atoms with E-state index in [0.29, 0.717) is 17.3 Å². The van der Waals surface area contributed by atoms with E-state index in [1.165, 1.54) is 0 Å². The number of nitrogens with one attached hydrogen (secondary N) is 1. The Kier molecular flexibility index (Phi) is 6.33. The van der Waals surface area contributed by atoms with E-state index >= 15 is 0 Å². The van der Waals surface area contributed by atoms with Gasteiger partial charge in [-0.25, -0.2) is 0 Å². The molecule has 4 rings (SSSR count). The molecule has 0 fully saturated rings. The fourth-order valence-electron chi connectivity index (χ4n) is 3.77. The van der Waals surface area contributed by atoms with E-state index in [2.05, 4.69) is 17.4 Å². The predicted molar refractivity (Wildman–Crippen MR) is 131 cm³/mol. The first-order valence-corrected chi connectivity index (χ1v) is 10.8. The molecule has 0 aliphatic carbocycles. The highest BCUT2D eigenvalue weighted by Gasteiger charge is 2.19. The third-order valence-electron chi connectivity index (χ3n) is 5.30. The number of ether oxygens (including phenoxy) is 1. The monoisotopic (exact) mass is 445 g/mol. The first-order chi connectivity index (χ1) is 15.5. The van der Waals surface area contributed by atoms with Crippen LogP contribution in [0.3, 0.4) is 0 Å². The maximum absolute atomic E-state index is 12.7. The fourth-order valence-corrected chi connectivity index (χ4v) is 3.89. The standard InChI is InChI=1S/C27H24ClNO3/c1-4-31-26-18(3)27-23(24(16-32-27)19-8-6-5-7-9-19)15-22(26)17(2)14-25(30)29-21-12-10-20(28)11-13-21/h5-16H,4H2,1-3H3,(H,29,30)/b17-14+. The minimum atomic E-state index is -0.222. The van der Waals surface area contributed by atoms with Gasteiger partial charge in [-0.15, -0.1) is 0 Å². The molecule has 3 aromatic carbocycles. The quantitative estimate of drug-likeness (QED) is 0.312. The Morgan fingerprint density at radius 3 is 2.53 bits per heavy atom. The highest BCUT2D eigenvalue weighted by atomic mass is 35.5. The molecule has 1 heterocycles. The van der Waals surface area contributed by atoms with Crippen LogP contribution in [0.15, 0.2) is 77.4 Å². The van der Waals surface area contributed by atoms with Crippen molar-refractivity contribution in [2.75, 3.05) is 11.9 Å². The van der Waals surface area contributed by atoms with Gasteiger partial charge < -0.3 is 14.5 Å². The van der Waals surface area contributed by atoms with Crippen LogP contribution in [0.5, 0.6) is 5.75 Å². The van der Waals surface area contributed by atoms with Crippen molar-refractivity contribution in [3.05, 3.63) is 89.2 Å². The van der Waals surface area contributed by atoms with Crippen LogP contribution in [0.4, 0.5) is 5.69 Å². The number of fused-ring (bicyclic) bond motifs is 1. The Morgan fingerprint density at radius 2 is 1.84 bits per heavy atom. The van der Waals surface area contributed by atoms with Gasteiger partial charge in [-0.3, -0.25) is 4.79 Å². The number of hydrogen-bond acceptors (Lipinski definition) is 3. The van der Waals surface area contributed by atoms with Gasteiger partial charge in [0.05, 0.1) is 12.9 Å². The Balaban J connectivity index is 1.77. The summed E-state index contributed by atoms with van der Waals surface area (Å²) in [5, 5.41) is 4.48. The maximum Gasteiger partial charge on any atom is 0.248 e. The second-order valence-corrected chi connectivity index (χ2v) is 7.96. The first-order valence-electron chi connectivity index (χ1n) is 10.5. The summed E-state index contributed by atoms with van der Waals surface area (Å²) < 4.78 is 11.9. The van der Waals surface area contributed by atoms with Gasteiger partial charge in [-0.2, -0.15) is 0 Å². The zero-order valence-corrected chi connectivity index (χ0v) is 19.0. The van der Waals surface area contributed by atoms with Crippen LogP contribution in [-0.2, 0) is 4.79 Å². The normalized spacial score (nSPS) is 11.6. The van der Waals surface area contributed by atoms with Gasteiger partial charge >= 0.3 is 0 Å². The molecule has 0 atom stereocenters. The number of anilines is 1. The van der Waals surface area contributed by atoms with E-state index in [1.807, 2.05) is 45.0 Å². The topological polar surface area (TPSA) is 51.5 Å². The number of rotatable bonds is 6. The number of carbonyl (C=O) groups is 1. The van der Waals surface area contributed by atoms with Crippen LogP contribution < -0.4 is 10.1 Å². The summed E-state index contributed by atoms with van der Waals surface area (Å²) in [5.41, 5.74) is 6.12. The Bertz CT molecular complexity index is 1290. The maximum atomic E-state index is 12.7. The van der Waals surface area contributed by atoms with Crippen molar-refractivity contribution in [2.24, 2.45) is 0 Å². The summed E-state index contributed by atoms with van der Waals surface area (Å²) in [6, 6.07) is 19.2. The summed E-state index contributed by atoms with van der Waals surface area (Å²) in [7, 11) is 0. The molecule has 4 nitrogen and oxygen atoms in total. The highest BCUT2D eigenvalue weighted by Crippen LogP contribution is 2.40. The van der Waals surface area contributed by atoms with Gasteiger partial charge in [0.15, 0.2) is 0 Å². The second kappa shape index (κ2) is 9.33. The lowest BCUT2D eigenvalue weighted by molar-refractivity contribution is -0.111. The third-order valence-corrected chi connectivity index (χ3v) is 5.55. The summed E-state index contributed by atoms with van der Waals surface area (Å²) in [6.07, 6.45) is 3.36. The number of aryl methyl sites for hydroxylation is 1. The lowest BCUT2D eigenvalue weighted by Crippen LogP contribution is -2.08. The summed E-state index contributed by atoms with van der Waals surface area (Å²) in [6.45, 7) is 6.34. The smallest absolute Gasteiger partial charge is 0.248 e. The van der Waals surface area contributed by atoms with Crippen molar-refractivity contribution in [3.63, 3.8) is 0 Å². The zero-order valence-electron chi connectivity index (χ0n) is 18.2. The van der Waals surface area contributed by atoms with E-state index in [-0.39, 0.29) is 5.91 Å². The number of benzene rings is 3. The molecule has 4 aromatic rings. The van der Waals surface area contributed by atoms with Crippen LogP contribution in [0.1, 0.15) is 25.0 Å². The number of allylic oxidation sites excluding steroid dienone is 1. The van der Waals surface area contributed by atoms with Crippen LogP contribution in [-0.4, -0.2) is 12.5 Å². The number of carbonyl (C=O) groups excluding carboxylic acids is 1. The lowest BCUT2D eigenvalue weighted by atomic mass is 9.96. The van der Waals surface area contributed by atoms with E-state index in [1.54, 1.807) is 36.6 Å². The Labute approximate surface area is 192 Å². The predicted octanol–water partition coefficient (Wildman–Crippen LogP) is 7.50. The van der Waals surface area contributed by atoms with Gasteiger partial charge in [-0.1, -0.05) is 41.9 Å². The van der Waals surface area contributed by atoms with E-state index in [4.69, 9.17) is 20.8 Å². The van der Waals surface area contributed by atoms with Gasteiger partial charge in [-0.05, 0) is 62.2 Å². The van der Waals surface area contributed by atoms with Gasteiger partial charge in [0.1, 0.15) is 11.3 Å². The molecule has 1 aromatic heterocycles. The average Bonchev–Trinajstić information content (AvgIpc) is 3.22. The van der Waals surface area contributed by atoms with Crippen molar-refractivity contribution < 1.29 is 13.9 Å². The average molecular weight is 446 g/mol. The third kappa shape index (κ3) is 4.41. The molecule has 0 aliphatic heterocycles. The van der Waals surface area contributed by atoms with Crippen molar-refractivity contribution in [1.82, 2.24) is 0 Å². The molecule has 0 saturated carbocycles. The number of hydrogen-bond donors (Lipinski definition) is 1. The minimum Gasteiger partial charge on any atom is -0.493 e. The molecule has 0 unspecified atom stereocenters. The first kappa shape index (κ1) is 21.7. The Hall–Kier alpha value is -3.50. The Morgan fingerprint density at radius 1 is 1.12 bits per heavy atom. The van der Waals surface area contributed by atoms with Crippen LogP contribution in [0, 0.1) is 6.92 Å². The molecule has 5 heteroatoms. The summed E-state index contributed by atoms with van der Waals surface area (Å²) in [5.74, 6) is 0.502. The summed E-state index contributed by atoms with van der Waals surface area (Å²) >= 11 is 5.92. The van der Waals surface area contributed by atoms with E-state index in [0.717, 1.165) is 44.5 Å². The molecule has 0 bridgehead atoms. The summed E-state index contributed by atoms with van der Waals surface area (Å²) in [4.78, 5) is 12.7. The van der Waals surface area contributed by atoms with Crippen LogP contribution >= 0.6 is 11.6 Å². The molecular formula is C27H24ClNO3. The fraction of sp³-hybridized carbons (Fsp3) is 0.148. The number of amides is 1. The molecule has 32 heavy (non-hydrogen) atoms. The number of halogens is 1. The SMILES string of the molecule is CCOc1c(/C(C)=C/C(=O)Nc2ccc(Cl)cc2)cc2c(-c3ccccc3)coc2c1C. The van der Waals surface area contributed by atoms with Gasteiger partial charge in [0, 0.05) is 38.9 Å². The van der Waals surface area contributed by atoms with Crippen molar-refractivity contribution in [2.45, 2.75) is 20.8 Å². The molecule has 162 valence electrons. The van der Waals surface area contributed by atoms with Crippen LogP contribution in [0.2, 0.25) is 5.02 Å². The largest absolute Gasteiger partial charge is 0.493 e. The van der Waals surface area contributed by atoms with Crippen molar-refractivity contribution >= 4 is 39.7 Å². The molecule has 1 N–H and O–H groups in total. The molecule has 0 aliphatic rings. The van der Waals surface area contributed by atoms with Gasteiger partial charge in [0.25, 0.3) is 0 Å². The highest BCUT2D eigenvalue weighted by molar-refractivity contribution is 6.30. The molecule has 0 spiro atoms. The minimum absolute atomic E-state index is 0.222. The zero-order chi connectivity index (χ0) is 22.7. The molecule has 1 amide bonds. The lowest BCUT2D eigenvalue weighted by Gasteiger charge is -2.15. The molecular weight excluding hydrogens is 422 g/mol. The van der Waals surface area contributed by atoms with Gasteiger partial charge in [0.2, 0.25) is 5.91 Å². The van der Waals surface area contributed by atoms with Crippen molar-refractivity contribution in [1.29, 1.82) is 0 Å². The van der Waals surface area contributed by atoms with E-state index in [9.17, 15) is 4.79 Å². The van der Waals surface area contributed by atoms with Crippen molar-refractivity contribution in [3.8, 4) is 16.9 Å². The molecule has 0 radical (unpaired) electrons.